The van der Waals surface area contributed by atoms with E-state index < -0.39 is 0 Å². The van der Waals surface area contributed by atoms with Crippen molar-refractivity contribution in [2.45, 2.75) is 13.3 Å². The topological polar surface area (TPSA) is 69.6 Å². The molecule has 2 amide bonds. The molecule has 0 aliphatic carbocycles. The molecular formula is C12H22N2O3. The van der Waals surface area contributed by atoms with Crippen LogP contribution in [0, 0.1) is 0 Å². The highest BCUT2D eigenvalue weighted by atomic mass is 16.3. The van der Waals surface area contributed by atoms with E-state index in [9.17, 15) is 9.59 Å². The van der Waals surface area contributed by atoms with Crippen molar-refractivity contribution < 1.29 is 14.7 Å². The third kappa shape index (κ3) is 12.3. The summed E-state index contributed by atoms with van der Waals surface area (Å²) in [6, 6.07) is 0. The van der Waals surface area contributed by atoms with Gasteiger partial charge in [0.1, 0.15) is 0 Å². The Kier molecular flexibility index (Phi) is 11.4. The van der Waals surface area contributed by atoms with E-state index in [1.54, 1.807) is 21.0 Å². The van der Waals surface area contributed by atoms with Crippen LogP contribution in [0.1, 0.15) is 13.3 Å². The zero-order valence-corrected chi connectivity index (χ0v) is 10.8. The van der Waals surface area contributed by atoms with E-state index in [1.165, 1.54) is 11.0 Å². The number of nitrogens with zero attached hydrogens (tertiary/aromatic N) is 1. The summed E-state index contributed by atoms with van der Waals surface area (Å²) in [7, 11) is 3.37. The summed E-state index contributed by atoms with van der Waals surface area (Å²) in [6.45, 7) is 9.02. The summed E-state index contributed by atoms with van der Waals surface area (Å²) in [5.74, 6) is -0.201. The predicted octanol–water partition coefficient (Wildman–Crippen LogP) is 0.322. The van der Waals surface area contributed by atoms with Gasteiger partial charge in [0.25, 0.3) is 0 Å². The second-order valence-corrected chi connectivity index (χ2v) is 3.55. The molecule has 5 heteroatoms. The SMILES string of the molecule is C=C(C)C(=O)NCCCO.C=CC(=O)N(C)C. The first kappa shape index (κ1) is 17.8. The lowest BCUT2D eigenvalue weighted by Gasteiger charge is -2.03. The van der Waals surface area contributed by atoms with Gasteiger partial charge in [-0.15, -0.1) is 0 Å². The molecule has 98 valence electrons. The van der Waals surface area contributed by atoms with Crippen LogP contribution in [-0.2, 0) is 9.59 Å². The summed E-state index contributed by atoms with van der Waals surface area (Å²) in [5.41, 5.74) is 0.498. The summed E-state index contributed by atoms with van der Waals surface area (Å²) in [5, 5.41) is 10.9. The van der Waals surface area contributed by atoms with Crippen LogP contribution in [0.2, 0.25) is 0 Å². The number of aliphatic hydroxyl groups is 1. The number of hydrogen-bond donors (Lipinski definition) is 2. The van der Waals surface area contributed by atoms with Crippen LogP contribution in [0.15, 0.2) is 24.8 Å². The number of aliphatic hydroxyl groups excluding tert-OH is 1. The van der Waals surface area contributed by atoms with E-state index in [-0.39, 0.29) is 18.4 Å². The Bertz CT molecular complexity index is 273. The average Bonchev–Trinajstić information content (AvgIpc) is 2.28. The molecule has 17 heavy (non-hydrogen) atoms. The van der Waals surface area contributed by atoms with Gasteiger partial charge in [0.15, 0.2) is 0 Å². The first-order chi connectivity index (χ1) is 7.86. The van der Waals surface area contributed by atoms with Crippen molar-refractivity contribution in [1.82, 2.24) is 10.2 Å². The molecule has 0 aliphatic heterocycles. The van der Waals surface area contributed by atoms with Gasteiger partial charge in [0.2, 0.25) is 11.8 Å². The van der Waals surface area contributed by atoms with E-state index in [1.807, 2.05) is 0 Å². The Hall–Kier alpha value is -1.62. The van der Waals surface area contributed by atoms with Crippen molar-refractivity contribution in [1.29, 1.82) is 0 Å². The standard InChI is InChI=1S/C7H13NO2.C5H9NO/c1-6(2)7(10)8-4-3-5-9;1-4-5(7)6(2)3/h9H,1,3-5H2,2H3,(H,8,10);4H,1H2,2-3H3. The number of carbonyl (C=O) groups is 2. The number of hydrogen-bond acceptors (Lipinski definition) is 3. The van der Waals surface area contributed by atoms with Gasteiger partial charge in [-0.25, -0.2) is 0 Å². The van der Waals surface area contributed by atoms with Gasteiger partial charge >= 0.3 is 0 Å². The molecule has 0 fully saturated rings. The minimum absolute atomic E-state index is 0.0556. The fraction of sp³-hybridized carbons (Fsp3) is 0.500. The van der Waals surface area contributed by atoms with Crippen LogP contribution >= 0.6 is 0 Å². The van der Waals surface area contributed by atoms with E-state index in [2.05, 4.69) is 18.5 Å². The number of nitrogens with one attached hydrogen (secondary N) is 1. The Labute approximate surface area is 103 Å². The van der Waals surface area contributed by atoms with Crippen molar-refractivity contribution in [3.05, 3.63) is 24.8 Å². The van der Waals surface area contributed by atoms with Gasteiger partial charge in [-0.3, -0.25) is 9.59 Å². The molecule has 0 saturated carbocycles. The van der Waals surface area contributed by atoms with E-state index in [4.69, 9.17) is 5.11 Å². The van der Waals surface area contributed by atoms with Crippen molar-refractivity contribution in [2.75, 3.05) is 27.2 Å². The van der Waals surface area contributed by atoms with Gasteiger partial charge in [-0.2, -0.15) is 0 Å². The van der Waals surface area contributed by atoms with Crippen LogP contribution in [0.4, 0.5) is 0 Å². The summed E-state index contributed by atoms with van der Waals surface area (Å²) in [4.78, 5) is 22.5. The predicted molar refractivity (Wildman–Crippen MR) is 68.4 cm³/mol. The highest BCUT2D eigenvalue weighted by molar-refractivity contribution is 5.92. The molecular weight excluding hydrogens is 220 g/mol. The molecule has 0 aliphatic rings. The second-order valence-electron chi connectivity index (χ2n) is 3.55. The van der Waals surface area contributed by atoms with Crippen molar-refractivity contribution >= 4 is 11.8 Å². The summed E-state index contributed by atoms with van der Waals surface area (Å²) in [6.07, 6.45) is 1.87. The zero-order chi connectivity index (χ0) is 13.8. The third-order valence-corrected chi connectivity index (χ3v) is 1.62. The monoisotopic (exact) mass is 242 g/mol. The third-order valence-electron chi connectivity index (χ3n) is 1.62. The van der Waals surface area contributed by atoms with Crippen LogP contribution in [0.5, 0.6) is 0 Å². The smallest absolute Gasteiger partial charge is 0.246 e. The number of rotatable bonds is 5. The summed E-state index contributed by atoms with van der Waals surface area (Å²) < 4.78 is 0. The van der Waals surface area contributed by atoms with Crippen LogP contribution in [0.25, 0.3) is 0 Å². The average molecular weight is 242 g/mol. The van der Waals surface area contributed by atoms with Gasteiger partial charge in [0.05, 0.1) is 0 Å². The molecule has 0 heterocycles. The van der Waals surface area contributed by atoms with E-state index in [0.29, 0.717) is 18.5 Å². The van der Waals surface area contributed by atoms with Crippen LogP contribution in [-0.4, -0.2) is 49.1 Å². The van der Waals surface area contributed by atoms with Gasteiger partial charge < -0.3 is 15.3 Å². The quantitative estimate of drug-likeness (QED) is 0.539. The maximum Gasteiger partial charge on any atom is 0.246 e. The molecule has 0 atom stereocenters. The largest absolute Gasteiger partial charge is 0.396 e. The lowest BCUT2D eigenvalue weighted by Crippen LogP contribution is -2.25. The van der Waals surface area contributed by atoms with E-state index >= 15 is 0 Å². The Morgan fingerprint density at radius 2 is 1.94 bits per heavy atom. The first-order valence-electron chi connectivity index (χ1n) is 5.25. The molecule has 0 radical (unpaired) electrons. The van der Waals surface area contributed by atoms with Crippen LogP contribution in [0.3, 0.4) is 0 Å². The fourth-order valence-electron chi connectivity index (χ4n) is 0.614. The Morgan fingerprint density at radius 3 is 2.18 bits per heavy atom. The number of amides is 2. The van der Waals surface area contributed by atoms with Gasteiger partial charge in [-0.05, 0) is 19.4 Å². The maximum absolute atomic E-state index is 10.7. The Balaban J connectivity index is 0. The second kappa shape index (κ2) is 10.9. The molecule has 0 saturated heterocycles. The molecule has 0 aromatic heterocycles. The highest BCUT2D eigenvalue weighted by Crippen LogP contribution is 1.84. The Morgan fingerprint density at radius 1 is 1.41 bits per heavy atom. The molecule has 0 rings (SSSR count). The molecule has 0 bridgehead atoms. The zero-order valence-electron chi connectivity index (χ0n) is 10.8. The van der Waals surface area contributed by atoms with Gasteiger partial charge in [-0.1, -0.05) is 13.2 Å². The van der Waals surface area contributed by atoms with Crippen molar-refractivity contribution in [2.24, 2.45) is 0 Å². The normalized spacial score (nSPS) is 8.47. The molecule has 0 aromatic rings. The van der Waals surface area contributed by atoms with Crippen molar-refractivity contribution in [3.8, 4) is 0 Å². The van der Waals surface area contributed by atoms with E-state index in [0.717, 1.165) is 0 Å². The van der Waals surface area contributed by atoms with Crippen LogP contribution < -0.4 is 5.32 Å². The fourth-order valence-corrected chi connectivity index (χ4v) is 0.614. The minimum atomic E-state index is -0.145. The van der Waals surface area contributed by atoms with Crippen molar-refractivity contribution in [3.63, 3.8) is 0 Å². The first-order valence-corrected chi connectivity index (χ1v) is 5.25. The molecule has 0 unspecified atom stereocenters. The molecule has 0 aromatic carbocycles. The molecule has 0 spiro atoms. The maximum atomic E-state index is 10.7. The lowest BCUT2D eigenvalue weighted by atomic mass is 10.3. The lowest BCUT2D eigenvalue weighted by molar-refractivity contribution is -0.123. The van der Waals surface area contributed by atoms with Gasteiger partial charge in [0, 0.05) is 32.8 Å². The highest BCUT2D eigenvalue weighted by Gasteiger charge is 1.97. The number of carbonyl (C=O) groups excluding carboxylic acids is 2. The molecule has 2 N–H and O–H groups in total. The minimum Gasteiger partial charge on any atom is -0.396 e. The number of likely N-dealkylation sites (N-methyl/N-ethyl adjacent to an activating group) is 1. The summed E-state index contributed by atoms with van der Waals surface area (Å²) >= 11 is 0. The molecule has 5 nitrogen and oxygen atoms in total.